The summed E-state index contributed by atoms with van der Waals surface area (Å²) in [7, 11) is 0. The second-order valence-electron chi connectivity index (χ2n) is 6.11. The number of rotatable bonds is 8. The minimum absolute atomic E-state index is 0.438. The van der Waals surface area contributed by atoms with E-state index in [0.717, 1.165) is 42.5 Å². The number of para-hydroxylation sites is 1. The quantitative estimate of drug-likeness (QED) is 0.588. The molecular formula is C20H24N2O2. The molecule has 0 fully saturated rings. The van der Waals surface area contributed by atoms with E-state index in [1.807, 2.05) is 30.3 Å². The van der Waals surface area contributed by atoms with Crippen molar-refractivity contribution in [2.75, 3.05) is 0 Å². The highest BCUT2D eigenvalue weighted by molar-refractivity contribution is 5.80. The molecule has 4 heteroatoms. The van der Waals surface area contributed by atoms with E-state index in [4.69, 9.17) is 4.74 Å². The summed E-state index contributed by atoms with van der Waals surface area (Å²) in [6, 6.07) is 13.9. The molecule has 1 unspecified atom stereocenters. The maximum Gasteiger partial charge on any atom is 0.213 e. The normalized spacial score (nSPS) is 12.4. The number of ether oxygens (including phenoxy) is 1. The van der Waals surface area contributed by atoms with Crippen LogP contribution in [0.15, 0.2) is 48.7 Å². The number of hydrogen-bond donors (Lipinski definition) is 2. The third-order valence-corrected chi connectivity index (χ3v) is 4.19. The third-order valence-electron chi connectivity index (χ3n) is 4.19. The Bertz CT molecular complexity index is 732. The van der Waals surface area contributed by atoms with Crippen LogP contribution in [0.25, 0.3) is 10.9 Å². The topological polar surface area (TPSA) is 58.1 Å². The van der Waals surface area contributed by atoms with Gasteiger partial charge in [0.25, 0.3) is 0 Å². The summed E-state index contributed by atoms with van der Waals surface area (Å²) in [5, 5.41) is 11.3. The van der Waals surface area contributed by atoms with Gasteiger partial charge in [-0.1, -0.05) is 44.4 Å². The zero-order chi connectivity index (χ0) is 16.8. The second kappa shape index (κ2) is 7.97. The molecule has 3 rings (SSSR count). The Kier molecular flexibility index (Phi) is 5.49. The Hall–Kier alpha value is -2.33. The van der Waals surface area contributed by atoms with E-state index in [0.29, 0.717) is 12.5 Å². The fourth-order valence-corrected chi connectivity index (χ4v) is 2.79. The molecule has 24 heavy (non-hydrogen) atoms. The van der Waals surface area contributed by atoms with Crippen LogP contribution in [0, 0.1) is 0 Å². The van der Waals surface area contributed by atoms with E-state index in [1.54, 1.807) is 6.20 Å². The van der Waals surface area contributed by atoms with Gasteiger partial charge in [0.1, 0.15) is 6.61 Å². The molecule has 2 heterocycles. The number of nitrogens with one attached hydrogen (secondary N) is 1. The standard InChI is InChI=1S/C20H24N2O2/c1-2-3-4-9-19(23)16-10-11-20(21-13-16)24-14-17-12-15-7-5-6-8-18(15)22-17/h5-8,10-13,19,22-23H,2-4,9,14H2,1H3. The molecule has 0 amide bonds. The van der Waals surface area contributed by atoms with Crippen molar-refractivity contribution >= 4 is 10.9 Å². The average Bonchev–Trinajstić information content (AvgIpc) is 3.03. The summed E-state index contributed by atoms with van der Waals surface area (Å²) in [5.41, 5.74) is 2.97. The Morgan fingerprint density at radius 2 is 2.04 bits per heavy atom. The largest absolute Gasteiger partial charge is 0.471 e. The van der Waals surface area contributed by atoms with Crippen molar-refractivity contribution in [2.24, 2.45) is 0 Å². The fourth-order valence-electron chi connectivity index (χ4n) is 2.79. The molecule has 1 atom stereocenters. The van der Waals surface area contributed by atoms with Gasteiger partial charge >= 0.3 is 0 Å². The van der Waals surface area contributed by atoms with Crippen LogP contribution in [0.2, 0.25) is 0 Å². The predicted octanol–water partition coefficient (Wildman–Crippen LogP) is 4.76. The Labute approximate surface area is 142 Å². The van der Waals surface area contributed by atoms with Gasteiger partial charge in [-0.2, -0.15) is 0 Å². The number of benzene rings is 1. The Balaban J connectivity index is 1.55. The number of unbranched alkanes of at least 4 members (excludes halogenated alkanes) is 2. The molecule has 4 nitrogen and oxygen atoms in total. The molecule has 3 aromatic rings. The van der Waals surface area contributed by atoms with E-state index in [9.17, 15) is 5.11 Å². The summed E-state index contributed by atoms with van der Waals surface area (Å²) in [5.74, 6) is 0.568. The summed E-state index contributed by atoms with van der Waals surface area (Å²) < 4.78 is 5.73. The van der Waals surface area contributed by atoms with Crippen molar-refractivity contribution in [2.45, 2.75) is 45.3 Å². The van der Waals surface area contributed by atoms with E-state index >= 15 is 0 Å². The minimum Gasteiger partial charge on any atom is -0.471 e. The average molecular weight is 324 g/mol. The first-order chi connectivity index (χ1) is 11.8. The van der Waals surface area contributed by atoms with E-state index in [2.05, 4.69) is 29.0 Å². The van der Waals surface area contributed by atoms with Gasteiger partial charge in [-0.05, 0) is 35.6 Å². The molecule has 0 aliphatic carbocycles. The van der Waals surface area contributed by atoms with Gasteiger partial charge in [-0.25, -0.2) is 4.98 Å². The number of H-pyrrole nitrogens is 1. The predicted molar refractivity (Wildman–Crippen MR) is 96.0 cm³/mol. The highest BCUT2D eigenvalue weighted by Crippen LogP contribution is 2.21. The highest BCUT2D eigenvalue weighted by Gasteiger charge is 2.08. The molecule has 0 bridgehead atoms. The van der Waals surface area contributed by atoms with E-state index < -0.39 is 6.10 Å². The van der Waals surface area contributed by atoms with Crippen molar-refractivity contribution < 1.29 is 9.84 Å². The smallest absolute Gasteiger partial charge is 0.213 e. The van der Waals surface area contributed by atoms with Crippen molar-refractivity contribution in [1.82, 2.24) is 9.97 Å². The molecule has 0 saturated carbocycles. The van der Waals surface area contributed by atoms with Crippen LogP contribution in [-0.2, 0) is 6.61 Å². The van der Waals surface area contributed by atoms with Gasteiger partial charge in [0, 0.05) is 17.8 Å². The van der Waals surface area contributed by atoms with Gasteiger partial charge < -0.3 is 14.8 Å². The lowest BCUT2D eigenvalue weighted by Crippen LogP contribution is -2.01. The van der Waals surface area contributed by atoms with Crippen LogP contribution in [0.1, 0.15) is 50.0 Å². The van der Waals surface area contributed by atoms with Crippen molar-refractivity contribution in [3.8, 4) is 5.88 Å². The first-order valence-corrected chi connectivity index (χ1v) is 8.59. The second-order valence-corrected chi connectivity index (χ2v) is 6.11. The van der Waals surface area contributed by atoms with Gasteiger partial charge in [0.15, 0.2) is 0 Å². The lowest BCUT2D eigenvalue weighted by atomic mass is 10.1. The van der Waals surface area contributed by atoms with Crippen LogP contribution < -0.4 is 4.74 Å². The minimum atomic E-state index is -0.438. The number of nitrogens with zero attached hydrogens (tertiary/aromatic N) is 1. The zero-order valence-corrected chi connectivity index (χ0v) is 14.0. The van der Waals surface area contributed by atoms with Crippen molar-refractivity contribution in [1.29, 1.82) is 0 Å². The maximum atomic E-state index is 10.1. The van der Waals surface area contributed by atoms with Gasteiger partial charge in [-0.15, -0.1) is 0 Å². The SMILES string of the molecule is CCCCCC(O)c1ccc(OCc2cc3ccccc3[nH]2)nc1. The molecular weight excluding hydrogens is 300 g/mol. The van der Waals surface area contributed by atoms with Crippen LogP contribution in [-0.4, -0.2) is 15.1 Å². The van der Waals surface area contributed by atoms with Crippen molar-refractivity contribution in [3.63, 3.8) is 0 Å². The zero-order valence-electron chi connectivity index (χ0n) is 14.0. The summed E-state index contributed by atoms with van der Waals surface area (Å²) in [6.45, 7) is 2.60. The molecule has 1 aromatic carbocycles. The summed E-state index contributed by atoms with van der Waals surface area (Å²) in [6.07, 6.45) is 5.40. The molecule has 2 aromatic heterocycles. The van der Waals surface area contributed by atoms with Gasteiger partial charge in [0.05, 0.1) is 11.8 Å². The van der Waals surface area contributed by atoms with Crippen LogP contribution in [0.4, 0.5) is 0 Å². The summed E-state index contributed by atoms with van der Waals surface area (Å²) in [4.78, 5) is 7.63. The summed E-state index contributed by atoms with van der Waals surface area (Å²) >= 11 is 0. The molecule has 0 saturated heterocycles. The fraction of sp³-hybridized carbons (Fsp3) is 0.350. The van der Waals surface area contributed by atoms with Crippen molar-refractivity contribution in [3.05, 3.63) is 59.9 Å². The number of aromatic amines is 1. The lowest BCUT2D eigenvalue weighted by molar-refractivity contribution is 0.163. The highest BCUT2D eigenvalue weighted by atomic mass is 16.5. The molecule has 0 spiro atoms. The number of aliphatic hydroxyl groups is 1. The van der Waals surface area contributed by atoms with Gasteiger partial charge in [0.2, 0.25) is 5.88 Å². The maximum absolute atomic E-state index is 10.1. The van der Waals surface area contributed by atoms with Crippen LogP contribution in [0.5, 0.6) is 5.88 Å². The number of aromatic nitrogens is 2. The third kappa shape index (κ3) is 4.15. The van der Waals surface area contributed by atoms with Gasteiger partial charge in [-0.3, -0.25) is 0 Å². The molecule has 126 valence electrons. The number of pyridine rings is 1. The van der Waals surface area contributed by atoms with E-state index in [-0.39, 0.29) is 0 Å². The molecule has 2 N–H and O–H groups in total. The first kappa shape index (κ1) is 16.5. The van der Waals surface area contributed by atoms with Crippen LogP contribution in [0.3, 0.4) is 0 Å². The van der Waals surface area contributed by atoms with E-state index in [1.165, 1.54) is 5.39 Å². The monoisotopic (exact) mass is 324 g/mol. The molecule has 0 radical (unpaired) electrons. The first-order valence-electron chi connectivity index (χ1n) is 8.59. The Morgan fingerprint density at radius 3 is 2.79 bits per heavy atom. The number of fused-ring (bicyclic) bond motifs is 1. The number of hydrogen-bond acceptors (Lipinski definition) is 3. The molecule has 0 aliphatic heterocycles. The van der Waals surface area contributed by atoms with Crippen LogP contribution >= 0.6 is 0 Å². The molecule has 0 aliphatic rings. The number of aliphatic hydroxyl groups excluding tert-OH is 1. The lowest BCUT2D eigenvalue weighted by Gasteiger charge is -2.11. The Morgan fingerprint density at radius 1 is 1.17 bits per heavy atom.